The van der Waals surface area contributed by atoms with Crippen molar-refractivity contribution in [2.45, 2.75) is 78.2 Å². The Balaban J connectivity index is 0.000000191. The van der Waals surface area contributed by atoms with Crippen molar-refractivity contribution in [3.05, 3.63) is 253 Å². The molecule has 0 saturated carbocycles. The normalized spacial score (nSPS) is 10.4. The molecule has 9 aromatic heterocycles. The van der Waals surface area contributed by atoms with Crippen LogP contribution in [0.2, 0.25) is 0 Å². The lowest BCUT2D eigenvalue weighted by Gasteiger charge is -2.11. The fraction of sp³-hybridized carbons (Fsp3) is 0.174. The Labute approximate surface area is 579 Å². The molecule has 0 fully saturated rings. The third kappa shape index (κ3) is 21.0. The highest BCUT2D eigenvalue weighted by molar-refractivity contribution is 9.08. The molecule has 27 heteroatoms. The molecule has 0 bridgehead atoms. The molecule has 0 atom stereocenters. The fourth-order valence-corrected chi connectivity index (χ4v) is 9.07. The van der Waals surface area contributed by atoms with Gasteiger partial charge in [-0.2, -0.15) is 0 Å². The SMILES string of the molecule is Br.BrCc1cccnc1.CC(C)n1cnnc1-c1cccc(NC(=O)c2cccc(O)c2)n1.CC(C)n1cnnc1-c1cccc(NC(=O)c2cccc(OCc3cccnc3)c2)n1.CC(C)n1cnnc1-c1cccc(NC(=O)c2cccc(OCc3cccnc3)c2)n1.Cl. The topological polar surface area (TPSA) is 295 Å². The van der Waals surface area contributed by atoms with Crippen LogP contribution in [0.5, 0.6) is 17.2 Å². The van der Waals surface area contributed by atoms with Gasteiger partial charge in [0.05, 0.1) is 0 Å². The van der Waals surface area contributed by atoms with Gasteiger partial charge in [0.25, 0.3) is 17.7 Å². The van der Waals surface area contributed by atoms with Crippen LogP contribution in [-0.2, 0) is 18.5 Å². The van der Waals surface area contributed by atoms with Gasteiger partial charge in [0.1, 0.15) is 84.0 Å². The van der Waals surface area contributed by atoms with Gasteiger partial charge in [-0.05, 0) is 156 Å². The smallest absolute Gasteiger partial charge is 0.256 e. The molecule has 3 aromatic carbocycles. The molecule has 0 spiro atoms. The number of amides is 3. The number of ether oxygens (including phenoxy) is 2. The van der Waals surface area contributed by atoms with Crippen molar-refractivity contribution in [2.75, 3.05) is 16.0 Å². The maximum absolute atomic E-state index is 12.8. The Morgan fingerprint density at radius 2 is 0.781 bits per heavy atom. The summed E-state index contributed by atoms with van der Waals surface area (Å²) in [6, 6.07) is 48.4. The number of phenolic OH excluding ortho intramolecular Hbond substituents is 1. The monoisotopic (exact) mass is 1440 g/mol. The van der Waals surface area contributed by atoms with E-state index in [1.807, 2.05) is 140 Å². The number of benzene rings is 3. The van der Waals surface area contributed by atoms with Crippen LogP contribution < -0.4 is 25.4 Å². The first kappa shape index (κ1) is 72.5. The Bertz CT molecular complexity index is 4220. The second-order valence-electron chi connectivity index (χ2n) is 21.5. The molecule has 492 valence electrons. The summed E-state index contributed by atoms with van der Waals surface area (Å²) in [4.78, 5) is 63.3. The van der Waals surface area contributed by atoms with Crippen molar-refractivity contribution < 1.29 is 29.0 Å². The van der Waals surface area contributed by atoms with Crippen LogP contribution in [0, 0.1) is 0 Å². The molecule has 0 saturated heterocycles. The fourth-order valence-electron chi connectivity index (χ4n) is 8.74. The summed E-state index contributed by atoms with van der Waals surface area (Å²) in [7, 11) is 0. The van der Waals surface area contributed by atoms with Crippen LogP contribution in [-0.4, -0.2) is 97.0 Å². The average molecular weight is 1440 g/mol. The number of rotatable bonds is 19. The number of nitrogens with zero attached hydrogens (tertiary/aromatic N) is 15. The lowest BCUT2D eigenvalue weighted by Crippen LogP contribution is -2.13. The minimum absolute atomic E-state index is 0. The standard InChI is InChI=1S/2C23H22N6O2.C17H17N5O2.C6H6BrN.BrH.ClH/c2*1-16(2)29-15-25-28-22(29)20-9-4-10-21(26-20)27-23(30)18-7-3-8-19(12-18)31-14-17-6-5-11-24-13-17;1-11(2)22-10-18-21-16(22)14-7-4-8-15(19-14)20-17(24)12-5-3-6-13(23)9-12;7-4-6-2-1-3-8-5-6;;/h2*3-13,15-16H,14H2,1-2H3,(H,26,27,30);3-11,23H,1-2H3,(H,19,20,24);1-3,5H,4H2;2*1H. The van der Waals surface area contributed by atoms with E-state index in [4.69, 9.17) is 9.47 Å². The summed E-state index contributed by atoms with van der Waals surface area (Å²) in [5.74, 6) is 3.54. The van der Waals surface area contributed by atoms with E-state index >= 15 is 0 Å². The van der Waals surface area contributed by atoms with Gasteiger partial charge in [-0.1, -0.05) is 70.5 Å². The second-order valence-corrected chi connectivity index (χ2v) is 22.0. The second kappa shape index (κ2) is 36.5. The van der Waals surface area contributed by atoms with Crippen molar-refractivity contribution in [3.63, 3.8) is 0 Å². The van der Waals surface area contributed by atoms with Gasteiger partial charge in [0.15, 0.2) is 17.5 Å². The van der Waals surface area contributed by atoms with Crippen molar-refractivity contribution in [1.29, 1.82) is 0 Å². The summed E-state index contributed by atoms with van der Waals surface area (Å²) in [6.45, 7) is 13.0. The molecule has 3 amide bonds. The molecule has 0 aliphatic heterocycles. The predicted octanol–water partition coefficient (Wildman–Crippen LogP) is 14.1. The highest BCUT2D eigenvalue weighted by atomic mass is 79.9. The molecule has 96 heavy (non-hydrogen) atoms. The van der Waals surface area contributed by atoms with Crippen LogP contribution in [0.25, 0.3) is 34.6 Å². The number of aromatic hydroxyl groups is 1. The maximum atomic E-state index is 12.8. The first-order chi connectivity index (χ1) is 45.7. The Morgan fingerprint density at radius 1 is 0.448 bits per heavy atom. The van der Waals surface area contributed by atoms with Gasteiger partial charge in [-0.15, -0.1) is 60.0 Å². The Morgan fingerprint density at radius 3 is 1.09 bits per heavy atom. The number of hydrogen-bond donors (Lipinski definition) is 4. The van der Waals surface area contributed by atoms with Crippen LogP contribution >= 0.6 is 45.3 Å². The highest BCUT2D eigenvalue weighted by Gasteiger charge is 2.18. The number of phenols is 1. The van der Waals surface area contributed by atoms with Crippen molar-refractivity contribution in [3.8, 4) is 51.8 Å². The highest BCUT2D eigenvalue weighted by Crippen LogP contribution is 2.25. The molecular formula is C69H69Br2ClN18O6. The van der Waals surface area contributed by atoms with Crippen molar-refractivity contribution in [2.24, 2.45) is 0 Å². The number of carbonyl (C=O) groups is 3. The first-order valence-electron chi connectivity index (χ1n) is 29.7. The van der Waals surface area contributed by atoms with E-state index in [0.717, 1.165) is 16.5 Å². The summed E-state index contributed by atoms with van der Waals surface area (Å²) >= 11 is 3.32. The zero-order chi connectivity index (χ0) is 66.2. The molecule has 0 unspecified atom stereocenters. The number of pyridine rings is 6. The molecule has 0 aliphatic carbocycles. The molecular weight excluding hydrogens is 1370 g/mol. The number of hydrogen-bond acceptors (Lipinski definition) is 18. The zero-order valence-electron chi connectivity index (χ0n) is 53.0. The van der Waals surface area contributed by atoms with E-state index in [9.17, 15) is 19.5 Å². The molecule has 12 rings (SSSR count). The third-order valence-corrected chi connectivity index (χ3v) is 14.1. The van der Waals surface area contributed by atoms with E-state index in [2.05, 4.69) is 92.4 Å². The molecule has 0 aliphatic rings. The van der Waals surface area contributed by atoms with Gasteiger partial charge in [-0.25, -0.2) is 15.0 Å². The van der Waals surface area contributed by atoms with Gasteiger partial charge >= 0.3 is 0 Å². The zero-order valence-corrected chi connectivity index (χ0v) is 57.1. The number of aromatic nitrogens is 15. The van der Waals surface area contributed by atoms with Crippen LogP contribution in [0.3, 0.4) is 0 Å². The van der Waals surface area contributed by atoms with Crippen molar-refractivity contribution in [1.82, 2.24) is 74.2 Å². The number of anilines is 3. The third-order valence-electron chi connectivity index (χ3n) is 13.5. The average Bonchev–Trinajstić information content (AvgIpc) is 1.57. The largest absolute Gasteiger partial charge is 0.508 e. The molecule has 24 nitrogen and oxygen atoms in total. The summed E-state index contributed by atoms with van der Waals surface area (Å²) in [5, 5.41) is 43.0. The molecule has 4 N–H and O–H groups in total. The minimum atomic E-state index is -0.346. The molecule has 12 aromatic rings. The first-order valence-corrected chi connectivity index (χ1v) is 30.8. The van der Waals surface area contributed by atoms with E-state index in [1.54, 1.807) is 123 Å². The quantitative estimate of drug-likeness (QED) is 0.0547. The van der Waals surface area contributed by atoms with Gasteiger partial charge in [0.2, 0.25) is 0 Å². The number of halogens is 3. The predicted molar refractivity (Wildman–Crippen MR) is 377 cm³/mol. The minimum Gasteiger partial charge on any atom is -0.508 e. The Kier molecular flexibility index (Phi) is 27.5. The van der Waals surface area contributed by atoms with E-state index in [0.29, 0.717) is 93.4 Å². The van der Waals surface area contributed by atoms with Crippen LogP contribution in [0.4, 0.5) is 17.5 Å². The van der Waals surface area contributed by atoms with Gasteiger partial charge < -0.3 is 44.2 Å². The lowest BCUT2D eigenvalue weighted by atomic mass is 10.2. The van der Waals surface area contributed by atoms with Gasteiger partial charge in [-0.3, -0.25) is 29.3 Å². The van der Waals surface area contributed by atoms with Crippen molar-refractivity contribution >= 4 is 80.5 Å². The van der Waals surface area contributed by atoms with E-state index in [-0.39, 0.29) is 71.0 Å². The van der Waals surface area contributed by atoms with E-state index < -0.39 is 0 Å². The lowest BCUT2D eigenvalue weighted by molar-refractivity contribution is 0.101. The maximum Gasteiger partial charge on any atom is 0.256 e. The van der Waals surface area contributed by atoms with Gasteiger partial charge in [0, 0.05) is 88.5 Å². The van der Waals surface area contributed by atoms with E-state index in [1.165, 1.54) is 17.7 Å². The summed E-state index contributed by atoms with van der Waals surface area (Å²) in [5.41, 5.74) is 6.31. The molecule has 9 heterocycles. The van der Waals surface area contributed by atoms with Crippen LogP contribution in [0.15, 0.2) is 220 Å². The summed E-state index contributed by atoms with van der Waals surface area (Å²) < 4.78 is 17.3. The number of carbonyl (C=O) groups excluding carboxylic acids is 3. The number of nitrogens with one attached hydrogen (secondary N) is 3. The number of alkyl halides is 1. The van der Waals surface area contributed by atoms with Crippen LogP contribution in [0.1, 0.15) is 107 Å². The summed E-state index contributed by atoms with van der Waals surface area (Å²) in [6.07, 6.45) is 15.5. The Hall–Kier alpha value is -11.0. The molecule has 0 radical (unpaired) electrons.